The van der Waals surface area contributed by atoms with Gasteiger partial charge >= 0.3 is 0 Å². The molecule has 1 aliphatic heterocycles. The Morgan fingerprint density at radius 1 is 1.22 bits per heavy atom. The van der Waals surface area contributed by atoms with Crippen molar-refractivity contribution in [1.82, 2.24) is 4.98 Å². The molecule has 0 unspecified atom stereocenters. The van der Waals surface area contributed by atoms with Crippen LogP contribution in [0.3, 0.4) is 0 Å². The molecule has 6 heteroatoms. The van der Waals surface area contributed by atoms with E-state index < -0.39 is 0 Å². The van der Waals surface area contributed by atoms with Gasteiger partial charge in [0.1, 0.15) is 5.75 Å². The number of anilines is 2. The number of benzene rings is 2. The van der Waals surface area contributed by atoms with Gasteiger partial charge in [-0.2, -0.15) is 0 Å². The molecule has 0 spiro atoms. The van der Waals surface area contributed by atoms with E-state index in [4.69, 9.17) is 9.72 Å². The molecule has 2 heterocycles. The monoisotopic (exact) mass is 379 g/mol. The highest BCUT2D eigenvalue weighted by atomic mass is 32.1. The summed E-state index contributed by atoms with van der Waals surface area (Å²) < 4.78 is 5.39. The number of amides is 1. The standard InChI is InChI=1S/C21H21N3O2S/c1-26-19-9-3-2-6-16(19)13-22-21-23-18(14-27-21)15-7-4-8-17(12-15)24-11-5-10-20(24)25/h2-4,6-9,12,14H,5,10-11,13H2,1H3,(H,22,23). The van der Waals surface area contributed by atoms with Gasteiger partial charge in [-0.25, -0.2) is 4.98 Å². The van der Waals surface area contributed by atoms with Gasteiger partial charge in [-0.05, 0) is 24.6 Å². The van der Waals surface area contributed by atoms with Crippen LogP contribution in [0.15, 0.2) is 53.9 Å². The van der Waals surface area contributed by atoms with Crippen molar-refractivity contribution in [3.8, 4) is 17.0 Å². The first-order valence-corrected chi connectivity index (χ1v) is 9.84. The van der Waals surface area contributed by atoms with Crippen molar-refractivity contribution in [1.29, 1.82) is 0 Å². The first-order valence-electron chi connectivity index (χ1n) is 8.97. The van der Waals surface area contributed by atoms with Crippen molar-refractivity contribution in [3.63, 3.8) is 0 Å². The lowest BCUT2D eigenvalue weighted by Crippen LogP contribution is -2.23. The molecule has 0 bridgehead atoms. The molecular weight excluding hydrogens is 358 g/mol. The van der Waals surface area contributed by atoms with Crippen LogP contribution in [-0.4, -0.2) is 24.5 Å². The highest BCUT2D eigenvalue weighted by molar-refractivity contribution is 7.14. The minimum Gasteiger partial charge on any atom is -0.496 e. The van der Waals surface area contributed by atoms with E-state index in [1.165, 1.54) is 0 Å². The third kappa shape index (κ3) is 3.80. The fraction of sp³-hybridized carbons (Fsp3) is 0.238. The fourth-order valence-corrected chi connectivity index (χ4v) is 3.98. The molecule has 1 saturated heterocycles. The van der Waals surface area contributed by atoms with E-state index >= 15 is 0 Å². The lowest BCUT2D eigenvalue weighted by Gasteiger charge is -2.16. The van der Waals surface area contributed by atoms with Crippen molar-refractivity contribution in [2.45, 2.75) is 19.4 Å². The Morgan fingerprint density at radius 2 is 2.11 bits per heavy atom. The zero-order valence-electron chi connectivity index (χ0n) is 15.1. The summed E-state index contributed by atoms with van der Waals surface area (Å²) in [6, 6.07) is 16.0. The summed E-state index contributed by atoms with van der Waals surface area (Å²) >= 11 is 1.57. The van der Waals surface area contributed by atoms with Gasteiger partial charge < -0.3 is 15.0 Å². The van der Waals surface area contributed by atoms with Gasteiger partial charge in [-0.3, -0.25) is 4.79 Å². The van der Waals surface area contributed by atoms with E-state index in [-0.39, 0.29) is 5.91 Å². The second-order valence-corrected chi connectivity index (χ2v) is 7.26. The molecular formula is C21H21N3O2S. The summed E-state index contributed by atoms with van der Waals surface area (Å²) in [7, 11) is 1.68. The lowest BCUT2D eigenvalue weighted by atomic mass is 10.1. The number of thiazole rings is 1. The van der Waals surface area contributed by atoms with Crippen molar-refractivity contribution < 1.29 is 9.53 Å². The second-order valence-electron chi connectivity index (χ2n) is 6.40. The van der Waals surface area contributed by atoms with Gasteiger partial charge in [0.2, 0.25) is 5.91 Å². The second kappa shape index (κ2) is 7.80. The summed E-state index contributed by atoms with van der Waals surface area (Å²) in [5.41, 5.74) is 3.97. The number of aromatic nitrogens is 1. The van der Waals surface area contributed by atoms with E-state index in [2.05, 4.69) is 5.32 Å². The Morgan fingerprint density at radius 3 is 2.93 bits per heavy atom. The zero-order valence-corrected chi connectivity index (χ0v) is 16.0. The average Bonchev–Trinajstić information content (AvgIpc) is 3.36. The van der Waals surface area contributed by atoms with Crippen LogP contribution in [0, 0.1) is 0 Å². The van der Waals surface area contributed by atoms with Gasteiger partial charge in [0.15, 0.2) is 5.13 Å². The first-order chi connectivity index (χ1) is 13.2. The van der Waals surface area contributed by atoms with Crippen LogP contribution in [-0.2, 0) is 11.3 Å². The fourth-order valence-electron chi connectivity index (χ4n) is 3.26. The number of rotatable bonds is 6. The maximum Gasteiger partial charge on any atom is 0.227 e. The number of nitrogens with zero attached hydrogens (tertiary/aromatic N) is 2. The third-order valence-electron chi connectivity index (χ3n) is 4.65. The molecule has 1 fully saturated rings. The SMILES string of the molecule is COc1ccccc1CNc1nc(-c2cccc(N3CCCC3=O)c2)cs1. The Hall–Kier alpha value is -2.86. The van der Waals surface area contributed by atoms with Crippen molar-refractivity contribution in [2.24, 2.45) is 0 Å². The zero-order chi connectivity index (χ0) is 18.6. The Labute approximate surface area is 162 Å². The van der Waals surface area contributed by atoms with Gasteiger partial charge in [0.25, 0.3) is 0 Å². The van der Waals surface area contributed by atoms with Gasteiger partial charge in [0, 0.05) is 41.7 Å². The summed E-state index contributed by atoms with van der Waals surface area (Å²) in [6.45, 7) is 1.45. The van der Waals surface area contributed by atoms with Gasteiger partial charge in [-0.15, -0.1) is 11.3 Å². The van der Waals surface area contributed by atoms with Crippen LogP contribution in [0.1, 0.15) is 18.4 Å². The number of hydrogen-bond donors (Lipinski definition) is 1. The molecule has 1 aromatic heterocycles. The van der Waals surface area contributed by atoms with E-state index in [1.54, 1.807) is 18.4 Å². The highest BCUT2D eigenvalue weighted by Gasteiger charge is 2.22. The number of nitrogens with one attached hydrogen (secondary N) is 1. The van der Waals surface area contributed by atoms with Crippen LogP contribution in [0.5, 0.6) is 5.75 Å². The minimum absolute atomic E-state index is 0.199. The summed E-state index contributed by atoms with van der Waals surface area (Å²) in [6.07, 6.45) is 1.56. The molecule has 1 amide bonds. The third-order valence-corrected chi connectivity index (χ3v) is 5.45. The summed E-state index contributed by atoms with van der Waals surface area (Å²) in [5, 5.41) is 6.26. The van der Waals surface area contributed by atoms with Crippen molar-refractivity contribution >= 4 is 28.1 Å². The predicted octanol–water partition coefficient (Wildman–Crippen LogP) is 4.56. The van der Waals surface area contributed by atoms with Crippen LogP contribution in [0.2, 0.25) is 0 Å². The van der Waals surface area contributed by atoms with E-state index in [1.807, 2.05) is 58.8 Å². The van der Waals surface area contributed by atoms with E-state index in [0.717, 1.165) is 46.4 Å². The average molecular weight is 379 g/mol. The molecule has 1 N–H and O–H groups in total. The van der Waals surface area contributed by atoms with Gasteiger partial charge in [0.05, 0.1) is 12.8 Å². The topological polar surface area (TPSA) is 54.5 Å². The van der Waals surface area contributed by atoms with Crippen molar-refractivity contribution in [3.05, 3.63) is 59.5 Å². The molecule has 0 atom stereocenters. The summed E-state index contributed by atoms with van der Waals surface area (Å²) in [5.74, 6) is 1.06. The first kappa shape index (κ1) is 17.5. The predicted molar refractivity (Wildman–Crippen MR) is 109 cm³/mol. The quantitative estimate of drug-likeness (QED) is 0.682. The molecule has 27 heavy (non-hydrogen) atoms. The number of para-hydroxylation sites is 1. The highest BCUT2D eigenvalue weighted by Crippen LogP contribution is 2.30. The van der Waals surface area contributed by atoms with Crippen LogP contribution in [0.4, 0.5) is 10.8 Å². The molecule has 0 radical (unpaired) electrons. The maximum atomic E-state index is 12.0. The smallest absolute Gasteiger partial charge is 0.227 e. The van der Waals surface area contributed by atoms with E-state index in [9.17, 15) is 4.79 Å². The lowest BCUT2D eigenvalue weighted by molar-refractivity contribution is -0.117. The Kier molecular flexibility index (Phi) is 5.07. The number of methoxy groups -OCH3 is 1. The molecule has 0 aliphatic carbocycles. The Bertz CT molecular complexity index is 954. The number of carbonyl (C=O) groups is 1. The molecule has 3 aromatic rings. The maximum absolute atomic E-state index is 12.0. The number of hydrogen-bond acceptors (Lipinski definition) is 5. The van der Waals surface area contributed by atoms with E-state index in [0.29, 0.717) is 13.0 Å². The molecule has 4 rings (SSSR count). The molecule has 2 aromatic carbocycles. The van der Waals surface area contributed by atoms with Crippen LogP contribution < -0.4 is 15.0 Å². The normalized spacial score (nSPS) is 13.8. The summed E-state index contributed by atoms with van der Waals surface area (Å²) in [4.78, 5) is 18.5. The van der Waals surface area contributed by atoms with Crippen LogP contribution in [0.25, 0.3) is 11.3 Å². The minimum atomic E-state index is 0.199. The van der Waals surface area contributed by atoms with Crippen molar-refractivity contribution in [2.75, 3.05) is 23.9 Å². The molecule has 138 valence electrons. The number of carbonyl (C=O) groups excluding carboxylic acids is 1. The Balaban J connectivity index is 1.49. The molecule has 5 nitrogen and oxygen atoms in total. The van der Waals surface area contributed by atoms with Gasteiger partial charge in [-0.1, -0.05) is 30.3 Å². The largest absolute Gasteiger partial charge is 0.496 e. The number of ether oxygens (including phenoxy) is 1. The van der Waals surface area contributed by atoms with Crippen LogP contribution >= 0.6 is 11.3 Å². The molecule has 1 aliphatic rings. The molecule has 0 saturated carbocycles.